The van der Waals surface area contributed by atoms with E-state index < -0.39 is 41.0 Å². The number of hydrogen-bond donors (Lipinski definition) is 3. The number of carbonyl (C=O) groups is 1. The Labute approximate surface area is 175 Å². The SMILES string of the molecule is Cc1cc(CC(O)N2CC(O)CC2C(=O)NCc2ccc(Cl)c(C(F)(F)F)c2)on1. The van der Waals surface area contributed by atoms with Crippen molar-refractivity contribution in [3.63, 3.8) is 0 Å². The first-order valence-electron chi connectivity index (χ1n) is 9.22. The highest BCUT2D eigenvalue weighted by Crippen LogP contribution is 2.35. The van der Waals surface area contributed by atoms with Crippen molar-refractivity contribution in [1.82, 2.24) is 15.4 Å². The number of alkyl halides is 3. The highest BCUT2D eigenvalue weighted by atomic mass is 35.5. The maximum absolute atomic E-state index is 13.0. The number of amides is 1. The van der Waals surface area contributed by atoms with E-state index in [0.29, 0.717) is 11.5 Å². The number of aliphatic hydroxyl groups is 2. The van der Waals surface area contributed by atoms with E-state index in [1.165, 1.54) is 11.0 Å². The van der Waals surface area contributed by atoms with Gasteiger partial charge in [0.25, 0.3) is 0 Å². The largest absolute Gasteiger partial charge is 0.417 e. The molecule has 3 N–H and O–H groups in total. The second-order valence-corrected chi connectivity index (χ2v) is 7.66. The molecule has 0 spiro atoms. The molecule has 1 aromatic heterocycles. The maximum atomic E-state index is 13.0. The Morgan fingerprint density at radius 2 is 2.17 bits per heavy atom. The lowest BCUT2D eigenvalue weighted by atomic mass is 10.1. The van der Waals surface area contributed by atoms with Gasteiger partial charge in [-0.15, -0.1) is 0 Å². The summed E-state index contributed by atoms with van der Waals surface area (Å²) in [6.45, 7) is 1.65. The van der Waals surface area contributed by atoms with Gasteiger partial charge in [-0.25, -0.2) is 0 Å². The Bertz CT molecular complexity index is 905. The molecule has 2 aromatic rings. The van der Waals surface area contributed by atoms with Crippen molar-refractivity contribution in [2.75, 3.05) is 6.54 Å². The van der Waals surface area contributed by atoms with Crippen molar-refractivity contribution < 1.29 is 32.7 Å². The van der Waals surface area contributed by atoms with Crippen LogP contribution in [0.3, 0.4) is 0 Å². The molecule has 164 valence electrons. The molecule has 1 amide bonds. The minimum absolute atomic E-state index is 0.0729. The molecule has 1 aliphatic heterocycles. The molecule has 0 bridgehead atoms. The molecule has 7 nitrogen and oxygen atoms in total. The monoisotopic (exact) mass is 447 g/mol. The Morgan fingerprint density at radius 1 is 1.43 bits per heavy atom. The minimum Gasteiger partial charge on any atom is -0.392 e. The summed E-state index contributed by atoms with van der Waals surface area (Å²) >= 11 is 5.60. The predicted molar refractivity (Wildman–Crippen MR) is 100 cm³/mol. The topological polar surface area (TPSA) is 98.8 Å². The third kappa shape index (κ3) is 5.31. The third-order valence-corrected chi connectivity index (χ3v) is 5.20. The summed E-state index contributed by atoms with van der Waals surface area (Å²) in [4.78, 5) is 14.1. The Morgan fingerprint density at radius 3 is 2.80 bits per heavy atom. The van der Waals surface area contributed by atoms with E-state index in [9.17, 15) is 28.2 Å². The van der Waals surface area contributed by atoms with E-state index in [4.69, 9.17) is 16.1 Å². The minimum atomic E-state index is -4.60. The summed E-state index contributed by atoms with van der Waals surface area (Å²) in [7, 11) is 0. The molecule has 2 heterocycles. The number of nitrogens with one attached hydrogen (secondary N) is 1. The number of benzene rings is 1. The first-order valence-corrected chi connectivity index (χ1v) is 9.60. The predicted octanol–water partition coefficient (Wildman–Crippen LogP) is 2.27. The Hall–Kier alpha value is -2.14. The van der Waals surface area contributed by atoms with Gasteiger partial charge in [-0.05, 0) is 31.0 Å². The first kappa shape index (κ1) is 22.5. The summed E-state index contributed by atoms with van der Waals surface area (Å²) in [5.74, 6) is -0.0794. The van der Waals surface area contributed by atoms with E-state index in [1.807, 2.05) is 0 Å². The van der Waals surface area contributed by atoms with E-state index >= 15 is 0 Å². The van der Waals surface area contributed by atoms with Crippen LogP contribution in [0.1, 0.15) is 29.0 Å². The van der Waals surface area contributed by atoms with Crippen LogP contribution in [0.25, 0.3) is 0 Å². The fraction of sp³-hybridized carbons (Fsp3) is 0.474. The van der Waals surface area contributed by atoms with Gasteiger partial charge in [0.1, 0.15) is 12.0 Å². The van der Waals surface area contributed by atoms with Crippen LogP contribution in [0, 0.1) is 6.92 Å². The van der Waals surface area contributed by atoms with Crippen LogP contribution in [0.2, 0.25) is 5.02 Å². The molecule has 0 saturated carbocycles. The molecule has 3 atom stereocenters. The van der Waals surface area contributed by atoms with Crippen LogP contribution < -0.4 is 5.32 Å². The van der Waals surface area contributed by atoms with E-state index in [0.717, 1.165) is 12.1 Å². The maximum Gasteiger partial charge on any atom is 0.417 e. The van der Waals surface area contributed by atoms with Crippen LogP contribution in [0.15, 0.2) is 28.8 Å². The molecule has 1 aliphatic rings. The van der Waals surface area contributed by atoms with Crippen LogP contribution in [-0.4, -0.2) is 51.1 Å². The zero-order valence-corrected chi connectivity index (χ0v) is 16.7. The summed E-state index contributed by atoms with van der Waals surface area (Å²) in [5, 5.41) is 26.3. The fourth-order valence-corrected chi connectivity index (χ4v) is 3.67. The molecule has 1 saturated heterocycles. The molecular weight excluding hydrogens is 427 g/mol. The Kier molecular flexibility index (Phi) is 6.71. The van der Waals surface area contributed by atoms with E-state index in [-0.39, 0.29) is 31.5 Å². The second kappa shape index (κ2) is 8.93. The average Bonchev–Trinajstić information content (AvgIpc) is 3.25. The molecule has 3 rings (SSSR count). The molecule has 30 heavy (non-hydrogen) atoms. The van der Waals surface area contributed by atoms with Crippen LogP contribution in [-0.2, 0) is 23.9 Å². The molecule has 3 unspecified atom stereocenters. The van der Waals surface area contributed by atoms with Gasteiger partial charge in [0.2, 0.25) is 5.91 Å². The van der Waals surface area contributed by atoms with Gasteiger partial charge in [0.15, 0.2) is 0 Å². The van der Waals surface area contributed by atoms with Crippen molar-refractivity contribution in [3.8, 4) is 0 Å². The van der Waals surface area contributed by atoms with Crippen molar-refractivity contribution in [1.29, 1.82) is 0 Å². The lowest BCUT2D eigenvalue weighted by molar-refractivity contribution is -0.137. The van der Waals surface area contributed by atoms with Crippen molar-refractivity contribution in [2.24, 2.45) is 0 Å². The third-order valence-electron chi connectivity index (χ3n) is 4.87. The summed E-state index contributed by atoms with van der Waals surface area (Å²) in [6, 6.07) is 4.21. The number of aryl methyl sites for hydroxylation is 1. The normalized spacial score (nSPS) is 21.0. The number of hydrogen-bond acceptors (Lipinski definition) is 6. The van der Waals surface area contributed by atoms with Crippen LogP contribution in [0.4, 0.5) is 13.2 Å². The number of likely N-dealkylation sites (tertiary alicyclic amines) is 1. The molecule has 0 aliphatic carbocycles. The number of aliphatic hydroxyl groups excluding tert-OH is 2. The number of nitrogens with zero attached hydrogens (tertiary/aromatic N) is 2. The van der Waals surface area contributed by atoms with Gasteiger partial charge in [0.05, 0.1) is 28.4 Å². The lowest BCUT2D eigenvalue weighted by Crippen LogP contribution is -2.48. The summed E-state index contributed by atoms with van der Waals surface area (Å²) in [6.07, 6.45) is -6.36. The molecule has 1 fully saturated rings. The van der Waals surface area contributed by atoms with Gasteiger partial charge in [-0.1, -0.05) is 22.8 Å². The number of carbonyl (C=O) groups excluding carboxylic acids is 1. The van der Waals surface area contributed by atoms with Gasteiger partial charge in [0, 0.05) is 25.6 Å². The van der Waals surface area contributed by atoms with E-state index in [1.54, 1.807) is 13.0 Å². The first-order chi connectivity index (χ1) is 14.0. The van der Waals surface area contributed by atoms with Gasteiger partial charge >= 0.3 is 6.18 Å². The van der Waals surface area contributed by atoms with Crippen molar-refractivity contribution >= 4 is 17.5 Å². The number of aromatic nitrogens is 1. The van der Waals surface area contributed by atoms with Crippen molar-refractivity contribution in [3.05, 3.63) is 51.9 Å². The quantitative estimate of drug-likeness (QED) is 0.628. The average molecular weight is 448 g/mol. The number of rotatable bonds is 6. The highest BCUT2D eigenvalue weighted by molar-refractivity contribution is 6.31. The zero-order valence-electron chi connectivity index (χ0n) is 16.0. The van der Waals surface area contributed by atoms with Crippen molar-refractivity contribution in [2.45, 2.75) is 50.9 Å². The summed E-state index contributed by atoms with van der Waals surface area (Å²) in [5.41, 5.74) is -0.108. The molecule has 0 radical (unpaired) electrons. The molecule has 11 heteroatoms. The van der Waals surface area contributed by atoms with Crippen LogP contribution >= 0.6 is 11.6 Å². The van der Waals surface area contributed by atoms with Crippen LogP contribution in [0.5, 0.6) is 0 Å². The summed E-state index contributed by atoms with van der Waals surface area (Å²) < 4.78 is 44.0. The van der Waals surface area contributed by atoms with E-state index in [2.05, 4.69) is 10.5 Å². The number of β-amino-alcohol motifs (C(OH)–C–C–N with tert-alkyl or cyclic N) is 1. The fourth-order valence-electron chi connectivity index (χ4n) is 3.44. The molecule has 1 aromatic carbocycles. The second-order valence-electron chi connectivity index (χ2n) is 7.25. The number of halogens is 4. The molecular formula is C19H21ClF3N3O4. The van der Waals surface area contributed by atoms with Gasteiger partial charge < -0.3 is 20.1 Å². The highest BCUT2D eigenvalue weighted by Gasteiger charge is 2.39. The standard InChI is InChI=1S/C19H21ClF3N3O4/c1-10-4-13(30-25-10)7-17(28)26-9-12(27)6-16(26)18(29)24-8-11-2-3-15(20)14(5-11)19(21,22)23/h2-5,12,16-17,27-28H,6-9H2,1H3,(H,24,29). The lowest BCUT2D eigenvalue weighted by Gasteiger charge is -2.27. The Balaban J connectivity index is 1.65. The van der Waals surface area contributed by atoms with Gasteiger partial charge in [-0.2, -0.15) is 13.2 Å². The van der Waals surface area contributed by atoms with Gasteiger partial charge in [-0.3, -0.25) is 9.69 Å². The zero-order chi connectivity index (χ0) is 22.1. The smallest absolute Gasteiger partial charge is 0.392 e.